The Balaban J connectivity index is 0.000000118. The molecule has 0 N–H and O–H groups in total. The average molecular weight is 1880 g/mol. The van der Waals surface area contributed by atoms with E-state index in [-0.39, 0.29) is 22.7 Å². The number of hydrogen-bond acceptors (Lipinski definition) is 4. The largest absolute Gasteiger partial charge is 0.361 e. The van der Waals surface area contributed by atoms with Crippen molar-refractivity contribution < 1.29 is 0 Å². The van der Waals surface area contributed by atoms with Gasteiger partial charge in [0, 0.05) is 45.2 Å². The van der Waals surface area contributed by atoms with Crippen LogP contribution in [0.3, 0.4) is 0 Å². The molecule has 0 saturated carbocycles. The number of aromatic nitrogens is 3. The smallest absolute Gasteiger partial charge is 0.270 e. The van der Waals surface area contributed by atoms with Crippen LogP contribution in [0.25, 0.3) is 256 Å². The van der Waals surface area contributed by atoms with Crippen molar-refractivity contribution >= 4 is 167 Å². The standard InChI is InChI=1S/C56H46.C43H31N3.C42H36N2/c1-31-17-32(2)22-39(21-31)47-29-48(40-23-33(3)18-34(4)24-40)52-45-15-11-12-16-46(45)54-50(42-27-37(7)20-38(8)28-42)30-49(41-25-35(5)19-36(6)26-41)53-44-14-10-9-13-43(44)51(47)55(52)56(53)54;1-24(2)32-21-34(27-13-10-12-26(20-27)23-44)40-30-16-8-6-14-28(30)39-33(25(3)4)22-35(36-18-11-19-37(45-5)46-36)41-31-17-9-7-15-29(31)38(32)42(40)43(39)41;1-41(2,3)25-13-15-27-29-17-20-32(36-12-8-10-22-44-36)38-34-24-26(42(4,5)6)14-16-28(34)30-18-19-31(35-11-7-9-21-43-35)37(33(27)23-25)39(30)40(29)38/h9-30H,1-8H3;6-22,24-25H,1-4H3;7-24H,1-6H3. The normalized spacial score (nSPS) is 12.2. The molecule has 3 heterocycles. The molecule has 0 bridgehead atoms. The zero-order chi connectivity index (χ0) is 101. The summed E-state index contributed by atoms with van der Waals surface area (Å²) in [6.45, 7) is 48.4. The minimum atomic E-state index is 0.0270. The zero-order valence-electron chi connectivity index (χ0n) is 86.3. The lowest BCUT2D eigenvalue weighted by Gasteiger charge is -2.26. The van der Waals surface area contributed by atoms with E-state index < -0.39 is 0 Å². The number of pyridine rings is 3. The molecule has 0 aliphatic carbocycles. The van der Waals surface area contributed by atoms with Crippen molar-refractivity contribution in [3.05, 3.63) is 430 Å². The Labute approximate surface area is 854 Å². The third kappa shape index (κ3) is 15.0. The first kappa shape index (κ1) is 91.6. The van der Waals surface area contributed by atoms with Crippen LogP contribution in [-0.4, -0.2) is 15.0 Å². The highest BCUT2D eigenvalue weighted by Crippen LogP contribution is 2.60. The number of nitriles is 1. The molecular formula is C141H113N5. The highest BCUT2D eigenvalue weighted by atomic mass is 14.9. The van der Waals surface area contributed by atoms with E-state index in [4.69, 9.17) is 21.5 Å². The first-order valence-corrected chi connectivity index (χ1v) is 51.5. The molecule has 26 rings (SSSR count). The quantitative estimate of drug-likeness (QED) is 0.0777. The van der Waals surface area contributed by atoms with E-state index in [1.165, 1.54) is 284 Å². The van der Waals surface area contributed by atoms with Gasteiger partial charge in [0.2, 0.25) is 0 Å². The molecule has 0 aliphatic heterocycles. The Bertz CT molecular complexity index is 9200. The van der Waals surface area contributed by atoms with Crippen molar-refractivity contribution in [1.82, 2.24) is 15.0 Å². The predicted octanol–water partition coefficient (Wildman–Crippen LogP) is 39.9. The van der Waals surface area contributed by atoms with E-state index in [2.05, 4.69) is 421 Å². The molecule has 0 saturated heterocycles. The average Bonchev–Trinajstić information content (AvgIpc) is 0.699. The lowest BCUT2D eigenvalue weighted by atomic mass is 9.76. The van der Waals surface area contributed by atoms with E-state index in [1.807, 2.05) is 54.9 Å². The predicted molar refractivity (Wildman–Crippen MR) is 627 cm³/mol. The van der Waals surface area contributed by atoms with Crippen LogP contribution in [0.5, 0.6) is 0 Å². The van der Waals surface area contributed by atoms with Crippen LogP contribution in [0.1, 0.15) is 153 Å². The van der Waals surface area contributed by atoms with Gasteiger partial charge in [0.15, 0.2) is 5.69 Å². The molecule has 5 nitrogen and oxygen atoms in total. The van der Waals surface area contributed by atoms with Crippen molar-refractivity contribution in [2.24, 2.45) is 0 Å². The molecule has 0 aliphatic rings. The van der Waals surface area contributed by atoms with Gasteiger partial charge in [0.1, 0.15) is 0 Å². The molecule has 0 spiro atoms. The van der Waals surface area contributed by atoms with Crippen molar-refractivity contribution in [2.75, 3.05) is 0 Å². The summed E-state index contributed by atoms with van der Waals surface area (Å²) in [4.78, 5) is 18.3. The highest BCUT2D eigenvalue weighted by Gasteiger charge is 2.33. The van der Waals surface area contributed by atoms with Crippen molar-refractivity contribution in [2.45, 2.75) is 147 Å². The van der Waals surface area contributed by atoms with E-state index in [0.29, 0.717) is 11.4 Å². The Morgan fingerprint density at radius 2 is 0.534 bits per heavy atom. The summed E-state index contributed by atoms with van der Waals surface area (Å²) in [7, 11) is 0. The third-order valence-corrected chi connectivity index (χ3v) is 31.0. The van der Waals surface area contributed by atoms with Crippen LogP contribution < -0.4 is 0 Å². The summed E-state index contributed by atoms with van der Waals surface area (Å²) in [5.74, 6) is 0.905. The van der Waals surface area contributed by atoms with Gasteiger partial charge < -0.3 is 4.85 Å². The van der Waals surface area contributed by atoms with Crippen LogP contribution in [0.4, 0.5) is 5.82 Å². The van der Waals surface area contributed by atoms with E-state index in [0.717, 1.165) is 33.8 Å². The van der Waals surface area contributed by atoms with Crippen LogP contribution in [0.2, 0.25) is 0 Å². The number of rotatable bonds is 10. The summed E-state index contributed by atoms with van der Waals surface area (Å²) < 4.78 is 0. The fourth-order valence-electron chi connectivity index (χ4n) is 25.0. The van der Waals surface area contributed by atoms with Crippen molar-refractivity contribution in [1.29, 1.82) is 5.26 Å². The Hall–Kier alpha value is -16.8. The van der Waals surface area contributed by atoms with E-state index in [9.17, 15) is 5.26 Å². The van der Waals surface area contributed by atoms with Gasteiger partial charge in [-0.1, -0.05) is 369 Å². The lowest BCUT2D eigenvalue weighted by Crippen LogP contribution is -2.11. The van der Waals surface area contributed by atoms with Gasteiger partial charge in [-0.25, -0.2) is 0 Å². The molecule has 0 unspecified atom stereocenters. The zero-order valence-corrected chi connectivity index (χ0v) is 86.3. The number of nitrogens with zero attached hydrogens (tertiary/aromatic N) is 5. The number of aryl methyl sites for hydroxylation is 8. The molecule has 23 aromatic carbocycles. The Morgan fingerprint density at radius 3 is 0.863 bits per heavy atom. The van der Waals surface area contributed by atoms with Gasteiger partial charge >= 0.3 is 0 Å². The topological polar surface area (TPSA) is 66.8 Å². The first-order valence-electron chi connectivity index (χ1n) is 51.5. The first-order chi connectivity index (χ1) is 70.5. The van der Waals surface area contributed by atoms with Crippen molar-refractivity contribution in [3.63, 3.8) is 0 Å². The lowest BCUT2D eigenvalue weighted by molar-refractivity contribution is 0.591. The van der Waals surface area contributed by atoms with Crippen LogP contribution >= 0.6 is 0 Å². The van der Waals surface area contributed by atoms with E-state index >= 15 is 0 Å². The number of fused-ring (bicyclic) bond motifs is 18. The van der Waals surface area contributed by atoms with Crippen molar-refractivity contribution in [3.8, 4) is 95.5 Å². The molecular weight excluding hydrogens is 1760 g/mol. The highest BCUT2D eigenvalue weighted by molar-refractivity contribution is 6.49. The summed E-state index contributed by atoms with van der Waals surface area (Å²) in [5, 5.41) is 48.3. The second-order valence-corrected chi connectivity index (χ2v) is 43.9. The fourth-order valence-corrected chi connectivity index (χ4v) is 25.0. The number of benzene rings is 23. The molecule has 0 atom stereocenters. The van der Waals surface area contributed by atoms with Crippen LogP contribution in [0.15, 0.2) is 346 Å². The van der Waals surface area contributed by atoms with Crippen LogP contribution in [-0.2, 0) is 10.8 Å². The maximum Gasteiger partial charge on any atom is 0.270 e. The Kier molecular flexibility index (Phi) is 22.0. The van der Waals surface area contributed by atoms with Gasteiger partial charge in [-0.3, -0.25) is 9.97 Å². The van der Waals surface area contributed by atoms with Crippen LogP contribution in [0, 0.1) is 73.3 Å². The molecule has 0 amide bonds. The molecule has 0 radical (unpaired) electrons. The molecule has 5 heteroatoms. The molecule has 146 heavy (non-hydrogen) atoms. The minimum absolute atomic E-state index is 0.0270. The molecule has 702 valence electrons. The monoisotopic (exact) mass is 1880 g/mol. The van der Waals surface area contributed by atoms with Gasteiger partial charge in [0.05, 0.1) is 23.0 Å². The van der Waals surface area contributed by atoms with Gasteiger partial charge in [-0.15, -0.1) is 4.98 Å². The van der Waals surface area contributed by atoms with Gasteiger partial charge in [0.25, 0.3) is 5.82 Å². The van der Waals surface area contributed by atoms with Gasteiger partial charge in [-0.05, 0) is 386 Å². The van der Waals surface area contributed by atoms with E-state index in [1.54, 1.807) is 6.07 Å². The third-order valence-electron chi connectivity index (χ3n) is 31.0. The molecule has 26 aromatic rings. The summed E-state index contributed by atoms with van der Waals surface area (Å²) >= 11 is 0. The summed E-state index contributed by atoms with van der Waals surface area (Å²) in [6.07, 6.45) is 3.80. The Morgan fingerprint density at radius 1 is 0.240 bits per heavy atom. The summed E-state index contributed by atoms with van der Waals surface area (Å²) in [5.41, 5.74) is 34.8. The second kappa shape index (κ2) is 35.1. The van der Waals surface area contributed by atoms with Gasteiger partial charge in [-0.2, -0.15) is 5.26 Å². The maximum atomic E-state index is 9.86. The minimum Gasteiger partial charge on any atom is -0.361 e. The number of hydrogen-bond donors (Lipinski definition) is 0. The second-order valence-electron chi connectivity index (χ2n) is 43.9. The SMILES string of the molecule is CC(C)(C)c1ccc2c(c1)c1c(-c3ccccn3)ccc3c4ccc(C(C)(C)C)cc4c4c(-c5ccccn5)ccc2c4c31.Cc1cc(C)cc(-c2cc(-c3cc(C)cc(C)c3)c3c4ccccc4c4c(-c5cc(C)cc(C)c5)cc(-c5cc(C)cc(C)c5)c5c6ccccc6c2c3c54)c1.[C-]#[N+]c1cccc(-c2cc(C(C)C)c3c4ccccc4c4c(-c5cccc(C#N)c5)cc(C(C)C)c5c6ccccc6c2c3c45)n1. The summed E-state index contributed by atoms with van der Waals surface area (Å²) in [6, 6.07) is 126. The molecule has 3 aromatic heterocycles. The fraction of sp³-hybridized carbons (Fsp3) is 0.156. The molecule has 0 fully saturated rings. The maximum absolute atomic E-state index is 9.86.